The quantitative estimate of drug-likeness (QED) is 0.830. The molecule has 2 unspecified atom stereocenters. The fourth-order valence-corrected chi connectivity index (χ4v) is 4.09. The van der Waals surface area contributed by atoms with Gasteiger partial charge in [0.2, 0.25) is 0 Å². The lowest BCUT2D eigenvalue weighted by Gasteiger charge is -2.18. The van der Waals surface area contributed by atoms with Crippen LogP contribution in [0.3, 0.4) is 0 Å². The van der Waals surface area contributed by atoms with Gasteiger partial charge in [0.05, 0.1) is 23.2 Å². The highest BCUT2D eigenvalue weighted by Gasteiger charge is 2.33. The zero-order valence-electron chi connectivity index (χ0n) is 9.33. The van der Waals surface area contributed by atoms with Crippen molar-refractivity contribution in [2.75, 3.05) is 11.5 Å². The van der Waals surface area contributed by atoms with Gasteiger partial charge in [-0.15, -0.1) is 0 Å². The Hall–Kier alpha value is -0.880. The van der Waals surface area contributed by atoms with Gasteiger partial charge in [0.15, 0.2) is 9.84 Å². The predicted molar refractivity (Wildman–Crippen MR) is 61.6 cm³/mol. The monoisotopic (exact) mass is 243 g/mol. The minimum Gasteiger partial charge on any atom is -0.322 e. The molecule has 2 atom stereocenters. The molecule has 1 aliphatic heterocycles. The second kappa shape index (κ2) is 4.18. The van der Waals surface area contributed by atoms with Crippen molar-refractivity contribution in [2.24, 2.45) is 11.7 Å². The maximum atomic E-state index is 11.4. The predicted octanol–water partition coefficient (Wildman–Crippen LogP) is 0.338. The third-order valence-electron chi connectivity index (χ3n) is 3.17. The molecule has 0 aromatic carbocycles. The number of rotatable bonds is 3. The average molecular weight is 243 g/mol. The normalized spacial score (nSPS) is 25.8. The molecule has 0 spiro atoms. The van der Waals surface area contributed by atoms with Gasteiger partial charge in [-0.05, 0) is 25.3 Å². The maximum absolute atomic E-state index is 11.4. The average Bonchev–Trinajstić information content (AvgIpc) is 2.82. The Morgan fingerprint density at radius 3 is 3.00 bits per heavy atom. The van der Waals surface area contributed by atoms with Crippen LogP contribution in [-0.4, -0.2) is 29.7 Å². The van der Waals surface area contributed by atoms with Crippen molar-refractivity contribution in [2.45, 2.75) is 25.9 Å². The van der Waals surface area contributed by atoms with E-state index in [0.29, 0.717) is 6.42 Å². The molecule has 90 valence electrons. The van der Waals surface area contributed by atoms with Crippen LogP contribution in [0.25, 0.3) is 0 Å². The first-order chi connectivity index (χ1) is 7.53. The lowest BCUT2D eigenvalue weighted by atomic mass is 9.97. The van der Waals surface area contributed by atoms with Crippen LogP contribution in [-0.2, 0) is 16.4 Å². The van der Waals surface area contributed by atoms with Crippen molar-refractivity contribution >= 4 is 9.84 Å². The van der Waals surface area contributed by atoms with E-state index in [1.807, 2.05) is 17.7 Å². The smallest absolute Gasteiger partial charge is 0.150 e. The zero-order chi connectivity index (χ0) is 11.8. The van der Waals surface area contributed by atoms with Crippen LogP contribution in [0.15, 0.2) is 12.3 Å². The highest BCUT2D eigenvalue weighted by atomic mass is 32.2. The molecule has 0 radical (unpaired) electrons. The van der Waals surface area contributed by atoms with Gasteiger partial charge in [0.1, 0.15) is 0 Å². The summed E-state index contributed by atoms with van der Waals surface area (Å²) in [5, 5.41) is 4.15. The highest BCUT2D eigenvalue weighted by molar-refractivity contribution is 7.91. The third kappa shape index (κ3) is 2.12. The summed E-state index contributed by atoms with van der Waals surface area (Å²) in [5.41, 5.74) is 7.05. The zero-order valence-corrected chi connectivity index (χ0v) is 10.2. The Labute approximate surface area is 95.6 Å². The molecule has 1 fully saturated rings. The van der Waals surface area contributed by atoms with Crippen molar-refractivity contribution in [3.05, 3.63) is 18.0 Å². The largest absolute Gasteiger partial charge is 0.322 e. The molecular weight excluding hydrogens is 226 g/mol. The number of sulfone groups is 1. The highest BCUT2D eigenvalue weighted by Crippen LogP contribution is 2.29. The summed E-state index contributed by atoms with van der Waals surface area (Å²) in [5.74, 6) is 0.515. The van der Waals surface area contributed by atoms with Crippen LogP contribution in [0.5, 0.6) is 0 Å². The number of aromatic nitrogens is 2. The molecule has 1 aliphatic rings. The Morgan fingerprint density at radius 1 is 1.69 bits per heavy atom. The van der Waals surface area contributed by atoms with Crippen LogP contribution in [0, 0.1) is 5.92 Å². The van der Waals surface area contributed by atoms with E-state index in [9.17, 15) is 8.42 Å². The van der Waals surface area contributed by atoms with Gasteiger partial charge in [-0.1, -0.05) is 0 Å². The van der Waals surface area contributed by atoms with Crippen LogP contribution in [0.4, 0.5) is 0 Å². The van der Waals surface area contributed by atoms with E-state index in [4.69, 9.17) is 5.73 Å². The Balaban J connectivity index is 2.17. The standard InChI is InChI=1S/C10H17N3O2S/c1-2-13-9(3-5-12-13)10(11)8-4-6-16(14,15)7-8/h3,5,8,10H,2,4,6-7,11H2,1H3. The van der Waals surface area contributed by atoms with Gasteiger partial charge in [-0.2, -0.15) is 5.10 Å². The first kappa shape index (κ1) is 11.6. The van der Waals surface area contributed by atoms with Crippen molar-refractivity contribution in [1.29, 1.82) is 0 Å². The molecule has 2 rings (SSSR count). The van der Waals surface area contributed by atoms with E-state index in [1.165, 1.54) is 0 Å². The van der Waals surface area contributed by atoms with E-state index in [-0.39, 0.29) is 23.5 Å². The van der Waals surface area contributed by atoms with Gasteiger partial charge in [0.25, 0.3) is 0 Å². The van der Waals surface area contributed by atoms with Crippen molar-refractivity contribution in [1.82, 2.24) is 9.78 Å². The number of nitrogens with zero attached hydrogens (tertiary/aromatic N) is 2. The Kier molecular flexibility index (Phi) is 3.03. The van der Waals surface area contributed by atoms with Gasteiger partial charge < -0.3 is 5.73 Å². The Bertz CT molecular complexity index is 466. The summed E-state index contributed by atoms with van der Waals surface area (Å²) in [6, 6.07) is 1.65. The molecule has 1 aromatic rings. The minimum atomic E-state index is -2.86. The number of hydrogen-bond acceptors (Lipinski definition) is 4. The van der Waals surface area contributed by atoms with Gasteiger partial charge in [-0.25, -0.2) is 8.42 Å². The molecule has 0 saturated carbocycles. The van der Waals surface area contributed by atoms with E-state index >= 15 is 0 Å². The van der Waals surface area contributed by atoms with Crippen LogP contribution in [0.1, 0.15) is 25.1 Å². The second-order valence-corrected chi connectivity index (χ2v) is 6.49. The molecule has 2 N–H and O–H groups in total. The lowest BCUT2D eigenvalue weighted by molar-refractivity contribution is 0.443. The van der Waals surface area contributed by atoms with Crippen molar-refractivity contribution in [3.8, 4) is 0 Å². The van der Waals surface area contributed by atoms with Crippen molar-refractivity contribution < 1.29 is 8.42 Å². The lowest BCUT2D eigenvalue weighted by Crippen LogP contribution is -2.25. The molecular formula is C10H17N3O2S. The fraction of sp³-hybridized carbons (Fsp3) is 0.700. The summed E-state index contributed by atoms with van der Waals surface area (Å²) in [7, 11) is -2.86. The third-order valence-corrected chi connectivity index (χ3v) is 4.96. The summed E-state index contributed by atoms with van der Waals surface area (Å²) in [6.07, 6.45) is 2.38. The molecule has 2 heterocycles. The van der Waals surface area contributed by atoms with E-state index in [2.05, 4.69) is 5.10 Å². The minimum absolute atomic E-state index is 0.0343. The van der Waals surface area contributed by atoms with Crippen LogP contribution in [0.2, 0.25) is 0 Å². The summed E-state index contributed by atoms with van der Waals surface area (Å²) in [4.78, 5) is 0. The van der Waals surface area contributed by atoms with E-state index in [0.717, 1.165) is 12.2 Å². The SMILES string of the molecule is CCn1nccc1C(N)C1CCS(=O)(=O)C1. The molecule has 0 bridgehead atoms. The number of hydrogen-bond donors (Lipinski definition) is 1. The van der Waals surface area contributed by atoms with Gasteiger partial charge in [-0.3, -0.25) is 4.68 Å². The van der Waals surface area contributed by atoms with Crippen LogP contribution >= 0.6 is 0 Å². The number of aryl methyl sites for hydroxylation is 1. The van der Waals surface area contributed by atoms with Gasteiger partial charge in [0, 0.05) is 12.7 Å². The molecule has 5 nitrogen and oxygen atoms in total. The van der Waals surface area contributed by atoms with Crippen molar-refractivity contribution in [3.63, 3.8) is 0 Å². The first-order valence-corrected chi connectivity index (χ1v) is 7.33. The topological polar surface area (TPSA) is 78.0 Å². The maximum Gasteiger partial charge on any atom is 0.150 e. The molecule has 0 aliphatic carbocycles. The second-order valence-electron chi connectivity index (χ2n) is 4.26. The summed E-state index contributed by atoms with van der Waals surface area (Å²) in [6.45, 7) is 2.75. The first-order valence-electron chi connectivity index (χ1n) is 5.51. The Morgan fingerprint density at radius 2 is 2.44 bits per heavy atom. The fourth-order valence-electron chi connectivity index (χ4n) is 2.24. The summed E-state index contributed by atoms with van der Waals surface area (Å²) >= 11 is 0. The summed E-state index contributed by atoms with van der Waals surface area (Å²) < 4.78 is 24.6. The molecule has 1 aromatic heterocycles. The van der Waals surface area contributed by atoms with E-state index in [1.54, 1.807) is 6.20 Å². The number of nitrogens with two attached hydrogens (primary N) is 1. The van der Waals surface area contributed by atoms with Gasteiger partial charge >= 0.3 is 0 Å². The van der Waals surface area contributed by atoms with Crippen LogP contribution < -0.4 is 5.73 Å². The molecule has 1 saturated heterocycles. The molecule has 6 heteroatoms. The molecule has 16 heavy (non-hydrogen) atoms. The molecule has 0 amide bonds. The van der Waals surface area contributed by atoms with E-state index < -0.39 is 9.84 Å².